The summed E-state index contributed by atoms with van der Waals surface area (Å²) in [6.45, 7) is 9.27. The zero-order valence-electron chi connectivity index (χ0n) is 13.4. The number of hydrogen-bond donors (Lipinski definition) is 1. The number of ether oxygens (including phenoxy) is 1. The lowest BCUT2D eigenvalue weighted by molar-refractivity contribution is 0.101. The first kappa shape index (κ1) is 16.0. The van der Waals surface area contributed by atoms with Gasteiger partial charge in [-0.05, 0) is 68.3 Å². The summed E-state index contributed by atoms with van der Waals surface area (Å²) < 4.78 is 5.77. The molecule has 3 heteroatoms. The zero-order valence-corrected chi connectivity index (χ0v) is 13.4. The molecule has 1 aliphatic heterocycles. The van der Waals surface area contributed by atoms with E-state index in [0.717, 1.165) is 43.3 Å². The summed E-state index contributed by atoms with van der Waals surface area (Å²) in [4.78, 5) is 11.2. The summed E-state index contributed by atoms with van der Waals surface area (Å²) in [6, 6.07) is 7.41. The molecular formula is C18H27NO2. The first-order valence-electron chi connectivity index (χ1n) is 7.93. The minimum atomic E-state index is 0.0911. The third kappa shape index (κ3) is 4.85. The molecule has 2 atom stereocenters. The first-order valence-corrected chi connectivity index (χ1v) is 7.93. The van der Waals surface area contributed by atoms with Crippen LogP contribution in [-0.2, 0) is 0 Å². The molecular weight excluding hydrogens is 262 g/mol. The van der Waals surface area contributed by atoms with Crippen molar-refractivity contribution in [2.24, 2.45) is 11.3 Å². The number of rotatable bonds is 6. The van der Waals surface area contributed by atoms with E-state index in [0.29, 0.717) is 5.41 Å². The van der Waals surface area contributed by atoms with Crippen molar-refractivity contribution in [2.45, 2.75) is 40.0 Å². The molecule has 1 aromatic rings. The zero-order chi connectivity index (χ0) is 15.3. The van der Waals surface area contributed by atoms with Crippen LogP contribution in [0.15, 0.2) is 24.3 Å². The minimum absolute atomic E-state index is 0.0911. The molecule has 1 aliphatic rings. The van der Waals surface area contributed by atoms with E-state index >= 15 is 0 Å². The van der Waals surface area contributed by atoms with E-state index in [1.165, 1.54) is 12.8 Å². The van der Waals surface area contributed by atoms with Gasteiger partial charge in [0.15, 0.2) is 5.78 Å². The SMILES string of the molecule is CC(=O)c1ccc(OCCC[C@]2(C)CNC[C@@H](C)C2)cc1. The van der Waals surface area contributed by atoms with E-state index in [2.05, 4.69) is 19.2 Å². The van der Waals surface area contributed by atoms with Crippen LogP contribution in [0.4, 0.5) is 0 Å². The van der Waals surface area contributed by atoms with Gasteiger partial charge in [0.1, 0.15) is 5.75 Å². The number of nitrogens with one attached hydrogen (secondary N) is 1. The molecule has 1 aromatic carbocycles. The van der Waals surface area contributed by atoms with Crippen molar-refractivity contribution in [2.75, 3.05) is 19.7 Å². The molecule has 2 rings (SSSR count). The molecule has 0 radical (unpaired) electrons. The maximum Gasteiger partial charge on any atom is 0.159 e. The van der Waals surface area contributed by atoms with Gasteiger partial charge in [0.25, 0.3) is 0 Å². The maximum atomic E-state index is 11.2. The molecule has 0 saturated carbocycles. The maximum absolute atomic E-state index is 11.2. The van der Waals surface area contributed by atoms with Crippen molar-refractivity contribution < 1.29 is 9.53 Å². The summed E-state index contributed by atoms with van der Waals surface area (Å²) in [5, 5.41) is 3.53. The summed E-state index contributed by atoms with van der Waals surface area (Å²) in [6.07, 6.45) is 3.56. The molecule has 0 spiro atoms. The first-order chi connectivity index (χ1) is 9.98. The van der Waals surface area contributed by atoms with Crippen LogP contribution in [0.5, 0.6) is 5.75 Å². The third-order valence-electron chi connectivity index (χ3n) is 4.34. The van der Waals surface area contributed by atoms with Gasteiger partial charge in [0, 0.05) is 12.1 Å². The van der Waals surface area contributed by atoms with Gasteiger partial charge in [-0.15, -0.1) is 0 Å². The molecule has 1 saturated heterocycles. The van der Waals surface area contributed by atoms with E-state index in [4.69, 9.17) is 4.74 Å². The topological polar surface area (TPSA) is 38.3 Å². The van der Waals surface area contributed by atoms with Gasteiger partial charge in [-0.3, -0.25) is 4.79 Å². The monoisotopic (exact) mass is 289 g/mol. The van der Waals surface area contributed by atoms with Gasteiger partial charge in [-0.2, -0.15) is 0 Å². The molecule has 0 aromatic heterocycles. The highest BCUT2D eigenvalue weighted by Crippen LogP contribution is 2.33. The quantitative estimate of drug-likeness (QED) is 0.641. The molecule has 21 heavy (non-hydrogen) atoms. The van der Waals surface area contributed by atoms with Gasteiger partial charge in [0.2, 0.25) is 0 Å². The number of ketones is 1. The number of Topliss-reactive ketones (excluding diaryl/α,β-unsaturated/α-hetero) is 1. The van der Waals surface area contributed by atoms with E-state index < -0.39 is 0 Å². The predicted octanol–water partition coefficient (Wildman–Crippen LogP) is 3.68. The van der Waals surface area contributed by atoms with Crippen LogP contribution in [0.3, 0.4) is 0 Å². The molecule has 1 heterocycles. The van der Waals surface area contributed by atoms with Crippen LogP contribution in [-0.4, -0.2) is 25.5 Å². The van der Waals surface area contributed by atoms with Gasteiger partial charge in [0.05, 0.1) is 6.61 Å². The Morgan fingerprint density at radius 1 is 1.38 bits per heavy atom. The highest BCUT2D eigenvalue weighted by molar-refractivity contribution is 5.94. The lowest BCUT2D eigenvalue weighted by Gasteiger charge is -2.37. The normalized spacial score (nSPS) is 25.6. The van der Waals surface area contributed by atoms with Crippen molar-refractivity contribution in [1.82, 2.24) is 5.32 Å². The molecule has 0 bridgehead atoms. The van der Waals surface area contributed by atoms with Crippen molar-refractivity contribution in [3.8, 4) is 5.75 Å². The summed E-state index contributed by atoms with van der Waals surface area (Å²) in [5.41, 5.74) is 1.14. The molecule has 0 amide bonds. The van der Waals surface area contributed by atoms with Crippen LogP contribution in [0, 0.1) is 11.3 Å². The van der Waals surface area contributed by atoms with Crippen LogP contribution < -0.4 is 10.1 Å². The fourth-order valence-electron chi connectivity index (χ4n) is 3.27. The Hall–Kier alpha value is -1.35. The standard InChI is InChI=1S/C18H27NO2/c1-14-11-18(3,13-19-12-14)9-4-10-21-17-7-5-16(6-8-17)15(2)20/h5-8,14,19H,4,9-13H2,1-3H3/t14-,18-/m0/s1. The molecule has 1 N–H and O–H groups in total. The Morgan fingerprint density at radius 2 is 2.10 bits per heavy atom. The van der Waals surface area contributed by atoms with Crippen LogP contribution in [0.2, 0.25) is 0 Å². The minimum Gasteiger partial charge on any atom is -0.494 e. The lowest BCUT2D eigenvalue weighted by atomic mass is 9.75. The molecule has 1 fully saturated rings. The van der Waals surface area contributed by atoms with Gasteiger partial charge in [-0.1, -0.05) is 13.8 Å². The Balaban J connectivity index is 1.73. The Kier molecular flexibility index (Phi) is 5.40. The highest BCUT2D eigenvalue weighted by atomic mass is 16.5. The van der Waals surface area contributed by atoms with Gasteiger partial charge in [-0.25, -0.2) is 0 Å². The van der Waals surface area contributed by atoms with E-state index in [1.807, 2.05) is 24.3 Å². The largest absolute Gasteiger partial charge is 0.494 e. The van der Waals surface area contributed by atoms with Gasteiger partial charge >= 0.3 is 0 Å². The Bertz CT molecular complexity index is 469. The summed E-state index contributed by atoms with van der Waals surface area (Å²) in [7, 11) is 0. The third-order valence-corrected chi connectivity index (χ3v) is 4.34. The van der Waals surface area contributed by atoms with Crippen LogP contribution in [0.25, 0.3) is 0 Å². The molecule has 0 aliphatic carbocycles. The number of carbonyl (C=O) groups is 1. The second kappa shape index (κ2) is 7.08. The summed E-state index contributed by atoms with van der Waals surface area (Å²) >= 11 is 0. The molecule has 0 unspecified atom stereocenters. The highest BCUT2D eigenvalue weighted by Gasteiger charge is 2.29. The van der Waals surface area contributed by atoms with E-state index in [-0.39, 0.29) is 5.78 Å². The predicted molar refractivity (Wildman–Crippen MR) is 85.9 cm³/mol. The molecule has 116 valence electrons. The van der Waals surface area contributed by atoms with Crippen LogP contribution >= 0.6 is 0 Å². The fourth-order valence-corrected chi connectivity index (χ4v) is 3.27. The lowest BCUT2D eigenvalue weighted by Crippen LogP contribution is -2.42. The van der Waals surface area contributed by atoms with Crippen molar-refractivity contribution >= 4 is 5.78 Å². The van der Waals surface area contributed by atoms with Crippen molar-refractivity contribution in [3.63, 3.8) is 0 Å². The van der Waals surface area contributed by atoms with Crippen molar-refractivity contribution in [3.05, 3.63) is 29.8 Å². The number of hydrogen-bond acceptors (Lipinski definition) is 3. The summed E-state index contributed by atoms with van der Waals surface area (Å²) in [5.74, 6) is 1.71. The number of piperidine rings is 1. The smallest absolute Gasteiger partial charge is 0.159 e. The number of benzene rings is 1. The Labute approximate surface area is 128 Å². The number of carbonyl (C=O) groups excluding carboxylic acids is 1. The van der Waals surface area contributed by atoms with E-state index in [1.54, 1.807) is 6.92 Å². The second-order valence-corrected chi connectivity index (χ2v) is 6.78. The Morgan fingerprint density at radius 3 is 2.71 bits per heavy atom. The van der Waals surface area contributed by atoms with E-state index in [9.17, 15) is 4.79 Å². The second-order valence-electron chi connectivity index (χ2n) is 6.78. The fraction of sp³-hybridized carbons (Fsp3) is 0.611. The van der Waals surface area contributed by atoms with Gasteiger partial charge < -0.3 is 10.1 Å². The average molecular weight is 289 g/mol. The average Bonchev–Trinajstić information content (AvgIpc) is 2.44. The van der Waals surface area contributed by atoms with Crippen molar-refractivity contribution in [1.29, 1.82) is 0 Å². The van der Waals surface area contributed by atoms with Crippen LogP contribution in [0.1, 0.15) is 50.4 Å². The molecule has 3 nitrogen and oxygen atoms in total.